The number of aryl methyl sites for hydroxylation is 1. The molecule has 100 valence electrons. The molecule has 0 aliphatic carbocycles. The van der Waals surface area contributed by atoms with Gasteiger partial charge in [-0.05, 0) is 53.4 Å². The molecule has 1 amide bonds. The van der Waals surface area contributed by atoms with Gasteiger partial charge < -0.3 is 10.1 Å². The Kier molecular flexibility index (Phi) is 4.58. The molecule has 4 heteroatoms. The topological polar surface area (TPSA) is 38.3 Å². The van der Waals surface area contributed by atoms with E-state index in [1.54, 1.807) is 24.5 Å². The molecule has 0 atom stereocenters. The highest BCUT2D eigenvalue weighted by molar-refractivity contribution is 7.07. The van der Waals surface area contributed by atoms with Crippen LogP contribution in [0.15, 0.2) is 35.0 Å². The molecule has 1 heterocycles. The molecule has 1 N–H and O–H groups in total. The average molecular weight is 275 g/mol. The number of ether oxygens (including phenoxy) is 1. The minimum absolute atomic E-state index is 0.0615. The van der Waals surface area contributed by atoms with E-state index >= 15 is 0 Å². The molecule has 0 saturated heterocycles. The zero-order valence-corrected chi connectivity index (χ0v) is 11.9. The van der Waals surface area contributed by atoms with Crippen LogP contribution in [-0.2, 0) is 6.42 Å². The number of carbonyl (C=O) groups is 1. The van der Waals surface area contributed by atoms with Crippen LogP contribution in [0.3, 0.4) is 0 Å². The first-order chi connectivity index (χ1) is 9.20. The molecule has 0 fully saturated rings. The summed E-state index contributed by atoms with van der Waals surface area (Å²) in [6, 6.07) is 7.56. The second kappa shape index (κ2) is 6.38. The number of nitrogens with one attached hydrogen (secondary N) is 1. The summed E-state index contributed by atoms with van der Waals surface area (Å²) in [5.74, 6) is 0.680. The number of benzene rings is 1. The monoisotopic (exact) mass is 275 g/mol. The number of hydrogen-bond acceptors (Lipinski definition) is 3. The molecule has 0 aliphatic heterocycles. The van der Waals surface area contributed by atoms with E-state index in [1.807, 2.05) is 24.4 Å². The summed E-state index contributed by atoms with van der Waals surface area (Å²) in [5.41, 5.74) is 2.91. The van der Waals surface area contributed by atoms with E-state index in [0.29, 0.717) is 12.1 Å². The number of rotatable bonds is 5. The van der Waals surface area contributed by atoms with Gasteiger partial charge >= 0.3 is 0 Å². The average Bonchev–Trinajstić information content (AvgIpc) is 2.92. The third kappa shape index (κ3) is 3.58. The first-order valence-electron chi connectivity index (χ1n) is 6.14. The predicted octanol–water partition coefficient (Wildman–Crippen LogP) is 3.04. The van der Waals surface area contributed by atoms with Crippen LogP contribution in [0, 0.1) is 6.92 Å². The molecule has 1 aromatic carbocycles. The lowest BCUT2D eigenvalue weighted by atomic mass is 10.1. The van der Waals surface area contributed by atoms with Gasteiger partial charge in [0.05, 0.1) is 7.11 Å². The Balaban J connectivity index is 1.92. The lowest BCUT2D eigenvalue weighted by Crippen LogP contribution is -2.25. The van der Waals surface area contributed by atoms with Crippen molar-refractivity contribution < 1.29 is 9.53 Å². The molecule has 0 saturated carbocycles. The van der Waals surface area contributed by atoms with Crippen LogP contribution >= 0.6 is 11.3 Å². The fourth-order valence-corrected chi connectivity index (χ4v) is 2.52. The van der Waals surface area contributed by atoms with Crippen molar-refractivity contribution in [1.29, 1.82) is 0 Å². The van der Waals surface area contributed by atoms with E-state index in [2.05, 4.69) is 16.8 Å². The third-order valence-electron chi connectivity index (χ3n) is 2.95. The summed E-state index contributed by atoms with van der Waals surface area (Å²) >= 11 is 1.67. The highest BCUT2D eigenvalue weighted by atomic mass is 32.1. The minimum atomic E-state index is -0.0615. The molecule has 19 heavy (non-hydrogen) atoms. The van der Waals surface area contributed by atoms with Gasteiger partial charge in [-0.3, -0.25) is 4.79 Å². The van der Waals surface area contributed by atoms with Crippen molar-refractivity contribution in [3.05, 3.63) is 51.7 Å². The Labute approximate surface area is 117 Å². The lowest BCUT2D eigenvalue weighted by Gasteiger charge is -2.08. The summed E-state index contributed by atoms with van der Waals surface area (Å²) in [4.78, 5) is 12.0. The summed E-state index contributed by atoms with van der Waals surface area (Å²) in [6.07, 6.45) is 0.859. The first-order valence-corrected chi connectivity index (χ1v) is 7.09. The maximum absolute atomic E-state index is 12.0. The number of thiophene rings is 1. The normalized spacial score (nSPS) is 10.2. The number of amides is 1. The fraction of sp³-hybridized carbons (Fsp3) is 0.267. The van der Waals surface area contributed by atoms with Crippen molar-refractivity contribution in [2.24, 2.45) is 0 Å². The summed E-state index contributed by atoms with van der Waals surface area (Å²) in [6.45, 7) is 2.60. The van der Waals surface area contributed by atoms with Crippen molar-refractivity contribution in [2.45, 2.75) is 13.3 Å². The zero-order chi connectivity index (χ0) is 13.7. The van der Waals surface area contributed by atoms with Crippen LogP contribution in [-0.4, -0.2) is 19.6 Å². The second-order valence-corrected chi connectivity index (χ2v) is 5.10. The molecule has 0 bridgehead atoms. The van der Waals surface area contributed by atoms with E-state index in [-0.39, 0.29) is 5.91 Å². The predicted molar refractivity (Wildman–Crippen MR) is 78.1 cm³/mol. The van der Waals surface area contributed by atoms with Crippen molar-refractivity contribution in [2.75, 3.05) is 13.7 Å². The minimum Gasteiger partial charge on any atom is -0.496 e. The van der Waals surface area contributed by atoms with E-state index in [0.717, 1.165) is 17.7 Å². The van der Waals surface area contributed by atoms with Crippen LogP contribution in [0.2, 0.25) is 0 Å². The van der Waals surface area contributed by atoms with Gasteiger partial charge in [0, 0.05) is 12.1 Å². The van der Waals surface area contributed by atoms with E-state index in [9.17, 15) is 4.79 Å². The highest BCUT2D eigenvalue weighted by Crippen LogP contribution is 2.18. The van der Waals surface area contributed by atoms with Crippen LogP contribution in [0.25, 0.3) is 0 Å². The molecule has 0 radical (unpaired) electrons. The van der Waals surface area contributed by atoms with Crippen LogP contribution in [0.1, 0.15) is 21.5 Å². The molecule has 0 unspecified atom stereocenters. The molecule has 2 aromatic rings. The van der Waals surface area contributed by atoms with Gasteiger partial charge in [0.25, 0.3) is 5.91 Å². The standard InChI is InChI=1S/C15H17NO2S/c1-11-3-4-13(9-14(11)18-2)15(17)16-7-5-12-6-8-19-10-12/h3-4,6,8-10H,5,7H2,1-2H3,(H,16,17). The van der Waals surface area contributed by atoms with Crippen LogP contribution < -0.4 is 10.1 Å². The summed E-state index contributed by atoms with van der Waals surface area (Å²) in [7, 11) is 1.61. The van der Waals surface area contributed by atoms with Crippen molar-refractivity contribution in [1.82, 2.24) is 5.32 Å². The zero-order valence-electron chi connectivity index (χ0n) is 11.1. The number of carbonyl (C=O) groups excluding carboxylic acids is 1. The van der Waals surface area contributed by atoms with Crippen molar-refractivity contribution >= 4 is 17.2 Å². The second-order valence-electron chi connectivity index (χ2n) is 4.32. The highest BCUT2D eigenvalue weighted by Gasteiger charge is 2.07. The molecule has 1 aromatic heterocycles. The maximum Gasteiger partial charge on any atom is 0.251 e. The Bertz CT molecular complexity index is 549. The van der Waals surface area contributed by atoms with Gasteiger partial charge in [0.1, 0.15) is 5.75 Å². The Morgan fingerprint density at radius 1 is 1.37 bits per heavy atom. The molecular weight excluding hydrogens is 258 g/mol. The summed E-state index contributed by atoms with van der Waals surface area (Å²) < 4.78 is 5.22. The Morgan fingerprint density at radius 3 is 2.89 bits per heavy atom. The van der Waals surface area contributed by atoms with Crippen LogP contribution in [0.5, 0.6) is 5.75 Å². The maximum atomic E-state index is 12.0. The van der Waals surface area contributed by atoms with E-state index in [1.165, 1.54) is 5.56 Å². The smallest absolute Gasteiger partial charge is 0.251 e. The van der Waals surface area contributed by atoms with Gasteiger partial charge in [0.2, 0.25) is 0 Å². The lowest BCUT2D eigenvalue weighted by molar-refractivity contribution is 0.0954. The number of hydrogen-bond donors (Lipinski definition) is 1. The Hall–Kier alpha value is -1.81. The van der Waals surface area contributed by atoms with Crippen molar-refractivity contribution in [3.63, 3.8) is 0 Å². The SMILES string of the molecule is COc1cc(C(=O)NCCc2ccsc2)ccc1C. The summed E-state index contributed by atoms with van der Waals surface area (Å²) in [5, 5.41) is 7.06. The van der Waals surface area contributed by atoms with Gasteiger partial charge in [-0.1, -0.05) is 6.07 Å². The van der Waals surface area contributed by atoms with Crippen LogP contribution in [0.4, 0.5) is 0 Å². The van der Waals surface area contributed by atoms with Crippen molar-refractivity contribution in [3.8, 4) is 5.75 Å². The van der Waals surface area contributed by atoms with Gasteiger partial charge in [-0.15, -0.1) is 0 Å². The van der Waals surface area contributed by atoms with Gasteiger partial charge in [-0.25, -0.2) is 0 Å². The number of methoxy groups -OCH3 is 1. The van der Waals surface area contributed by atoms with Gasteiger partial charge in [0.15, 0.2) is 0 Å². The third-order valence-corrected chi connectivity index (χ3v) is 3.68. The van der Waals surface area contributed by atoms with Gasteiger partial charge in [-0.2, -0.15) is 11.3 Å². The molecule has 2 rings (SSSR count). The quantitative estimate of drug-likeness (QED) is 0.911. The Morgan fingerprint density at radius 2 is 2.21 bits per heavy atom. The molecule has 3 nitrogen and oxygen atoms in total. The van der Waals surface area contributed by atoms with E-state index in [4.69, 9.17) is 4.74 Å². The fourth-order valence-electron chi connectivity index (χ4n) is 1.82. The molecular formula is C15H17NO2S. The largest absolute Gasteiger partial charge is 0.496 e. The molecule has 0 spiro atoms. The first kappa shape index (κ1) is 13.6. The van der Waals surface area contributed by atoms with E-state index < -0.39 is 0 Å². The molecule has 0 aliphatic rings.